The van der Waals surface area contributed by atoms with Crippen LogP contribution in [0.5, 0.6) is 0 Å². The molecule has 0 aromatic carbocycles. The minimum Gasteiger partial charge on any atom is -0.355 e. The van der Waals surface area contributed by atoms with Crippen molar-refractivity contribution in [3.05, 3.63) is 21.7 Å². The molecule has 18 heavy (non-hydrogen) atoms. The van der Waals surface area contributed by atoms with Crippen LogP contribution in [-0.2, 0) is 0 Å². The third-order valence-corrected chi connectivity index (χ3v) is 3.96. The van der Waals surface area contributed by atoms with Gasteiger partial charge in [-0.1, -0.05) is 31.4 Å². The van der Waals surface area contributed by atoms with E-state index < -0.39 is 0 Å². The molecule has 0 bridgehead atoms. The van der Waals surface area contributed by atoms with Gasteiger partial charge in [0.15, 0.2) is 5.82 Å². The molecule has 1 atom stereocenters. The van der Waals surface area contributed by atoms with E-state index >= 15 is 0 Å². The number of aromatic amines is 1. The molecule has 1 aromatic rings. The van der Waals surface area contributed by atoms with Gasteiger partial charge in [-0.05, 0) is 25.2 Å². The Kier molecular flexibility index (Phi) is 4.64. The van der Waals surface area contributed by atoms with Gasteiger partial charge < -0.3 is 9.88 Å². The van der Waals surface area contributed by atoms with Gasteiger partial charge in [-0.25, -0.2) is 4.98 Å². The number of nitrogens with zero attached hydrogens (tertiary/aromatic N) is 2. The maximum atomic E-state index is 11.5. The van der Waals surface area contributed by atoms with Crippen molar-refractivity contribution < 1.29 is 0 Å². The minimum atomic E-state index is -0.254. The quantitative estimate of drug-likeness (QED) is 0.918. The molecular weight excluding hydrogens is 250 g/mol. The molecule has 1 aliphatic rings. The Morgan fingerprint density at radius 1 is 1.50 bits per heavy atom. The molecule has 1 fully saturated rings. The molecule has 1 aliphatic heterocycles. The highest BCUT2D eigenvalue weighted by molar-refractivity contribution is 6.32. The van der Waals surface area contributed by atoms with Gasteiger partial charge in [-0.2, -0.15) is 0 Å². The number of halogens is 1. The van der Waals surface area contributed by atoms with Crippen molar-refractivity contribution in [3.63, 3.8) is 0 Å². The van der Waals surface area contributed by atoms with Crippen LogP contribution in [-0.4, -0.2) is 23.1 Å². The van der Waals surface area contributed by atoms with E-state index in [1.165, 1.54) is 32.0 Å². The first-order valence-corrected chi connectivity index (χ1v) is 7.08. The molecular formula is C13H20ClN3O. The third-order valence-electron chi connectivity index (χ3n) is 3.62. The lowest BCUT2D eigenvalue weighted by Gasteiger charge is -2.22. The van der Waals surface area contributed by atoms with Crippen LogP contribution in [0.2, 0.25) is 5.02 Å². The van der Waals surface area contributed by atoms with Crippen LogP contribution >= 0.6 is 11.6 Å². The fourth-order valence-electron chi connectivity index (χ4n) is 2.67. The summed E-state index contributed by atoms with van der Waals surface area (Å²) in [5.41, 5.74) is -0.254. The molecule has 0 aliphatic carbocycles. The summed E-state index contributed by atoms with van der Waals surface area (Å²) in [4.78, 5) is 20.3. The fraction of sp³-hybridized carbons (Fsp3) is 0.692. The summed E-state index contributed by atoms with van der Waals surface area (Å²) in [6.45, 7) is 4.12. The second-order valence-electron chi connectivity index (χ2n) is 4.94. The van der Waals surface area contributed by atoms with Crippen molar-refractivity contribution in [3.8, 4) is 0 Å². The van der Waals surface area contributed by atoms with Gasteiger partial charge in [0.2, 0.25) is 0 Å². The largest absolute Gasteiger partial charge is 0.355 e. The molecule has 1 aromatic heterocycles. The maximum absolute atomic E-state index is 11.5. The summed E-state index contributed by atoms with van der Waals surface area (Å²) >= 11 is 6.03. The number of hydrogen-bond acceptors (Lipinski definition) is 3. The summed E-state index contributed by atoms with van der Waals surface area (Å²) in [6.07, 6.45) is 7.55. The first-order valence-electron chi connectivity index (χ1n) is 6.70. The first kappa shape index (κ1) is 13.4. The normalized spacial score (nSPS) is 20.8. The highest BCUT2D eigenvalue weighted by Crippen LogP contribution is 2.26. The Bertz CT molecular complexity index is 446. The van der Waals surface area contributed by atoms with E-state index in [1.54, 1.807) is 0 Å². The van der Waals surface area contributed by atoms with Crippen LogP contribution in [0.3, 0.4) is 0 Å². The summed E-state index contributed by atoms with van der Waals surface area (Å²) < 4.78 is 0. The van der Waals surface area contributed by atoms with E-state index in [0.29, 0.717) is 5.82 Å². The van der Waals surface area contributed by atoms with Gasteiger partial charge in [-0.3, -0.25) is 4.79 Å². The standard InChI is InChI=1S/C13H20ClN3O/c1-2-4-10-5-3-7-17(8-6-10)12-11(14)13(18)16-9-15-12/h9-10H,2-8H2,1H3,(H,15,16,18). The summed E-state index contributed by atoms with van der Waals surface area (Å²) in [5, 5.41) is 0.214. The second kappa shape index (κ2) is 6.23. The SMILES string of the molecule is CCCC1CCCN(c2nc[nH]c(=O)c2Cl)CC1. The molecule has 0 spiro atoms. The lowest BCUT2D eigenvalue weighted by molar-refractivity contribution is 0.435. The predicted octanol–water partition coefficient (Wildman–Crippen LogP) is 2.83. The summed E-state index contributed by atoms with van der Waals surface area (Å²) in [6, 6.07) is 0. The number of H-pyrrole nitrogens is 1. The number of nitrogens with one attached hydrogen (secondary N) is 1. The molecule has 0 amide bonds. The Morgan fingerprint density at radius 3 is 3.11 bits per heavy atom. The van der Waals surface area contributed by atoms with Gasteiger partial charge in [-0.15, -0.1) is 0 Å². The van der Waals surface area contributed by atoms with Gasteiger partial charge in [0, 0.05) is 13.1 Å². The number of anilines is 1. The van der Waals surface area contributed by atoms with E-state index in [2.05, 4.69) is 21.8 Å². The molecule has 2 rings (SSSR count). The molecule has 2 heterocycles. The summed E-state index contributed by atoms with van der Waals surface area (Å²) in [5.74, 6) is 1.44. The predicted molar refractivity (Wildman–Crippen MR) is 74.3 cm³/mol. The topological polar surface area (TPSA) is 49.0 Å². The molecule has 1 unspecified atom stereocenters. The van der Waals surface area contributed by atoms with Crippen molar-refractivity contribution in [2.24, 2.45) is 5.92 Å². The zero-order chi connectivity index (χ0) is 13.0. The van der Waals surface area contributed by atoms with E-state index in [-0.39, 0.29) is 10.6 Å². The van der Waals surface area contributed by atoms with Crippen LogP contribution in [0.1, 0.15) is 39.0 Å². The van der Waals surface area contributed by atoms with Crippen molar-refractivity contribution >= 4 is 17.4 Å². The smallest absolute Gasteiger partial charge is 0.271 e. The van der Waals surface area contributed by atoms with Crippen molar-refractivity contribution in [2.75, 3.05) is 18.0 Å². The van der Waals surface area contributed by atoms with Crippen molar-refractivity contribution in [1.82, 2.24) is 9.97 Å². The van der Waals surface area contributed by atoms with Crippen molar-refractivity contribution in [2.45, 2.75) is 39.0 Å². The number of aromatic nitrogens is 2. The van der Waals surface area contributed by atoms with E-state index in [9.17, 15) is 4.79 Å². The highest BCUT2D eigenvalue weighted by atomic mass is 35.5. The van der Waals surface area contributed by atoms with E-state index in [1.807, 2.05) is 0 Å². The zero-order valence-corrected chi connectivity index (χ0v) is 11.5. The summed E-state index contributed by atoms with van der Waals surface area (Å²) in [7, 11) is 0. The third kappa shape index (κ3) is 3.05. The first-order chi connectivity index (χ1) is 8.72. The van der Waals surface area contributed by atoms with Crippen molar-refractivity contribution in [1.29, 1.82) is 0 Å². The van der Waals surface area contributed by atoms with Crippen LogP contribution < -0.4 is 10.5 Å². The Morgan fingerprint density at radius 2 is 2.33 bits per heavy atom. The Hall–Kier alpha value is -1.03. The van der Waals surface area contributed by atoms with Crippen LogP contribution in [0.25, 0.3) is 0 Å². The van der Waals surface area contributed by atoms with Crippen LogP contribution in [0.4, 0.5) is 5.82 Å². The second-order valence-corrected chi connectivity index (χ2v) is 5.32. The number of hydrogen-bond donors (Lipinski definition) is 1. The van der Waals surface area contributed by atoms with Gasteiger partial charge in [0.25, 0.3) is 5.56 Å². The lowest BCUT2D eigenvalue weighted by atomic mass is 9.96. The van der Waals surface area contributed by atoms with E-state index in [0.717, 1.165) is 25.4 Å². The molecule has 1 N–H and O–H groups in total. The molecule has 5 heteroatoms. The molecule has 4 nitrogen and oxygen atoms in total. The fourth-order valence-corrected chi connectivity index (χ4v) is 2.89. The maximum Gasteiger partial charge on any atom is 0.271 e. The van der Waals surface area contributed by atoms with Gasteiger partial charge >= 0.3 is 0 Å². The van der Waals surface area contributed by atoms with Gasteiger partial charge in [0.05, 0.1) is 6.33 Å². The molecule has 100 valence electrons. The van der Waals surface area contributed by atoms with Crippen LogP contribution in [0, 0.1) is 5.92 Å². The zero-order valence-electron chi connectivity index (χ0n) is 10.8. The average molecular weight is 270 g/mol. The van der Waals surface area contributed by atoms with E-state index in [4.69, 9.17) is 11.6 Å². The molecule has 0 saturated carbocycles. The minimum absolute atomic E-state index is 0.214. The molecule has 1 saturated heterocycles. The average Bonchev–Trinajstić information content (AvgIpc) is 2.59. The Labute approximate surface area is 112 Å². The molecule has 0 radical (unpaired) electrons. The lowest BCUT2D eigenvalue weighted by Crippen LogP contribution is -2.27. The number of rotatable bonds is 3. The van der Waals surface area contributed by atoms with Gasteiger partial charge in [0.1, 0.15) is 5.02 Å². The monoisotopic (exact) mass is 269 g/mol. The highest BCUT2D eigenvalue weighted by Gasteiger charge is 2.20. The Balaban J connectivity index is 2.10. The van der Waals surface area contributed by atoms with Crippen LogP contribution in [0.15, 0.2) is 11.1 Å².